The Labute approximate surface area is 110 Å². The van der Waals surface area contributed by atoms with Gasteiger partial charge in [-0.15, -0.1) is 6.58 Å². The molecule has 0 radical (unpaired) electrons. The average molecular weight is 296 g/mol. The van der Waals surface area contributed by atoms with Crippen molar-refractivity contribution in [2.45, 2.75) is 19.3 Å². The monoisotopic (exact) mass is 296 g/mol. The number of hydrogen-bond donors (Lipinski definition) is 3. The molecule has 0 rings (SSSR count). The zero-order valence-electron chi connectivity index (χ0n) is 10.1. The summed E-state index contributed by atoms with van der Waals surface area (Å²) >= 11 is 0. The van der Waals surface area contributed by atoms with Crippen LogP contribution < -0.4 is 0 Å². The number of carboxylic acids is 2. The fourth-order valence-corrected chi connectivity index (χ4v) is 1.91. The van der Waals surface area contributed by atoms with Gasteiger partial charge in [0, 0.05) is 0 Å². The molecule has 0 spiro atoms. The molecular weight excluding hydrogens is 280 g/mol. The lowest BCUT2D eigenvalue weighted by Gasteiger charge is -2.18. The predicted octanol–water partition coefficient (Wildman–Crippen LogP) is 0.564. The number of allylic oxidation sites excluding steroid dienone is 1. The first-order chi connectivity index (χ1) is 8.69. The molecule has 0 amide bonds. The Morgan fingerprint density at radius 3 is 2.11 bits per heavy atom. The second-order valence-corrected chi connectivity index (χ2v) is 4.90. The standard InChI is InChI=1S/C10H16O8S/c1-2-4-7(9(11)12)8(10(13)14)5-3-6-18-19(15,16)17/h2,7-8H,1,3-6H2,(H,11,12)(H,13,14)(H,15,16,17). The molecule has 3 N–H and O–H groups in total. The smallest absolute Gasteiger partial charge is 0.397 e. The van der Waals surface area contributed by atoms with Gasteiger partial charge in [-0.1, -0.05) is 6.08 Å². The van der Waals surface area contributed by atoms with Crippen LogP contribution in [0.4, 0.5) is 0 Å². The lowest BCUT2D eigenvalue weighted by atomic mass is 9.86. The van der Waals surface area contributed by atoms with Crippen molar-refractivity contribution in [1.29, 1.82) is 0 Å². The van der Waals surface area contributed by atoms with Gasteiger partial charge in [0.05, 0.1) is 18.4 Å². The molecule has 0 aromatic carbocycles. The Balaban J connectivity index is 4.52. The van der Waals surface area contributed by atoms with Crippen molar-refractivity contribution in [3.63, 3.8) is 0 Å². The molecule has 0 aliphatic carbocycles. The Morgan fingerprint density at radius 2 is 1.74 bits per heavy atom. The second kappa shape index (κ2) is 7.87. The van der Waals surface area contributed by atoms with Gasteiger partial charge in [0.15, 0.2) is 0 Å². The fraction of sp³-hybridized carbons (Fsp3) is 0.600. The van der Waals surface area contributed by atoms with Crippen LogP contribution in [0.2, 0.25) is 0 Å². The largest absolute Gasteiger partial charge is 0.481 e. The van der Waals surface area contributed by atoms with E-state index in [1.807, 2.05) is 0 Å². The molecule has 9 heteroatoms. The first kappa shape index (κ1) is 17.6. The summed E-state index contributed by atoms with van der Waals surface area (Å²) in [5, 5.41) is 17.9. The van der Waals surface area contributed by atoms with Gasteiger partial charge in [0.2, 0.25) is 0 Å². The number of carbonyl (C=O) groups is 2. The van der Waals surface area contributed by atoms with Crippen LogP contribution in [0, 0.1) is 11.8 Å². The number of aliphatic carboxylic acids is 2. The minimum absolute atomic E-state index is 0.00848. The Morgan fingerprint density at radius 1 is 1.21 bits per heavy atom. The van der Waals surface area contributed by atoms with Crippen LogP contribution in [-0.4, -0.2) is 41.7 Å². The molecule has 110 valence electrons. The van der Waals surface area contributed by atoms with Crippen LogP contribution in [0.25, 0.3) is 0 Å². The summed E-state index contributed by atoms with van der Waals surface area (Å²) in [7, 11) is -4.57. The van der Waals surface area contributed by atoms with Gasteiger partial charge < -0.3 is 10.2 Å². The molecule has 0 aromatic rings. The third-order valence-electron chi connectivity index (χ3n) is 2.43. The lowest BCUT2D eigenvalue weighted by Crippen LogP contribution is -2.30. The minimum atomic E-state index is -4.57. The summed E-state index contributed by atoms with van der Waals surface area (Å²) in [5.74, 6) is -4.87. The van der Waals surface area contributed by atoms with Crippen molar-refractivity contribution in [3.8, 4) is 0 Å². The van der Waals surface area contributed by atoms with Gasteiger partial charge in [-0.2, -0.15) is 8.42 Å². The van der Waals surface area contributed by atoms with Crippen LogP contribution in [0.15, 0.2) is 12.7 Å². The van der Waals surface area contributed by atoms with E-state index in [2.05, 4.69) is 10.8 Å². The van der Waals surface area contributed by atoms with Crippen molar-refractivity contribution in [2.24, 2.45) is 11.8 Å². The number of carboxylic acid groups (broad SMARTS) is 2. The first-order valence-corrected chi connectivity index (χ1v) is 6.74. The van der Waals surface area contributed by atoms with E-state index in [0.717, 1.165) is 0 Å². The van der Waals surface area contributed by atoms with Gasteiger partial charge in [0.1, 0.15) is 0 Å². The maximum Gasteiger partial charge on any atom is 0.397 e. The van der Waals surface area contributed by atoms with E-state index in [9.17, 15) is 18.0 Å². The zero-order chi connectivity index (χ0) is 15.1. The van der Waals surface area contributed by atoms with E-state index in [-0.39, 0.29) is 19.3 Å². The SMILES string of the molecule is C=CCC(C(=O)O)C(CCCOS(=O)(=O)O)C(=O)O. The molecular formula is C10H16O8S. The molecule has 0 fully saturated rings. The third-order valence-corrected chi connectivity index (χ3v) is 2.90. The second-order valence-electron chi connectivity index (χ2n) is 3.81. The summed E-state index contributed by atoms with van der Waals surface area (Å²) in [4.78, 5) is 22.0. The Hall–Kier alpha value is -1.45. The summed E-state index contributed by atoms with van der Waals surface area (Å²) in [6, 6.07) is 0. The molecule has 19 heavy (non-hydrogen) atoms. The summed E-state index contributed by atoms with van der Waals surface area (Å²) in [6.45, 7) is 2.95. The molecule has 0 saturated carbocycles. The quantitative estimate of drug-likeness (QED) is 0.302. The Bertz CT molecular complexity index is 427. The zero-order valence-corrected chi connectivity index (χ0v) is 10.9. The summed E-state index contributed by atoms with van der Waals surface area (Å²) < 4.78 is 32.9. The van der Waals surface area contributed by atoms with E-state index < -0.39 is 40.8 Å². The number of rotatable bonds is 10. The van der Waals surface area contributed by atoms with Crippen LogP contribution in [0.5, 0.6) is 0 Å². The normalized spacial score (nSPS) is 14.6. The van der Waals surface area contributed by atoms with E-state index in [1.54, 1.807) is 0 Å². The van der Waals surface area contributed by atoms with Crippen LogP contribution in [0.3, 0.4) is 0 Å². The highest BCUT2D eigenvalue weighted by molar-refractivity contribution is 7.80. The summed E-state index contributed by atoms with van der Waals surface area (Å²) in [5.41, 5.74) is 0. The topological polar surface area (TPSA) is 138 Å². The summed E-state index contributed by atoms with van der Waals surface area (Å²) in [6.07, 6.45) is 1.20. The predicted molar refractivity (Wildman–Crippen MR) is 63.8 cm³/mol. The molecule has 0 saturated heterocycles. The van der Waals surface area contributed by atoms with E-state index in [1.165, 1.54) is 6.08 Å². The molecule has 0 heterocycles. The Kier molecular flexibility index (Phi) is 7.27. The maximum absolute atomic E-state index is 11.0. The van der Waals surface area contributed by atoms with Crippen molar-refractivity contribution in [3.05, 3.63) is 12.7 Å². The van der Waals surface area contributed by atoms with Crippen LogP contribution in [-0.2, 0) is 24.2 Å². The van der Waals surface area contributed by atoms with Crippen LogP contribution >= 0.6 is 0 Å². The third kappa shape index (κ3) is 7.54. The van der Waals surface area contributed by atoms with E-state index in [4.69, 9.17) is 14.8 Å². The van der Waals surface area contributed by atoms with Crippen LogP contribution in [0.1, 0.15) is 19.3 Å². The van der Waals surface area contributed by atoms with Crippen molar-refractivity contribution < 1.29 is 37.0 Å². The first-order valence-electron chi connectivity index (χ1n) is 5.37. The maximum atomic E-state index is 11.0. The van der Waals surface area contributed by atoms with Crippen molar-refractivity contribution >= 4 is 22.3 Å². The molecule has 0 aromatic heterocycles. The van der Waals surface area contributed by atoms with Gasteiger partial charge >= 0.3 is 22.3 Å². The van der Waals surface area contributed by atoms with Gasteiger partial charge in [-0.25, -0.2) is 4.18 Å². The molecule has 0 bridgehead atoms. The highest BCUT2D eigenvalue weighted by atomic mass is 32.3. The van der Waals surface area contributed by atoms with Crippen molar-refractivity contribution in [1.82, 2.24) is 0 Å². The van der Waals surface area contributed by atoms with Crippen molar-refractivity contribution in [2.75, 3.05) is 6.61 Å². The van der Waals surface area contributed by atoms with Gasteiger partial charge in [-0.05, 0) is 19.3 Å². The van der Waals surface area contributed by atoms with Gasteiger partial charge in [-0.3, -0.25) is 14.1 Å². The fourth-order valence-electron chi connectivity index (χ4n) is 1.58. The highest BCUT2D eigenvalue weighted by Gasteiger charge is 2.32. The molecule has 2 atom stereocenters. The minimum Gasteiger partial charge on any atom is -0.481 e. The molecule has 2 unspecified atom stereocenters. The lowest BCUT2D eigenvalue weighted by molar-refractivity contribution is -0.154. The molecule has 8 nitrogen and oxygen atoms in total. The average Bonchev–Trinajstić information content (AvgIpc) is 2.24. The molecule has 0 aliphatic rings. The highest BCUT2D eigenvalue weighted by Crippen LogP contribution is 2.22. The van der Waals surface area contributed by atoms with Gasteiger partial charge in [0.25, 0.3) is 0 Å². The number of hydrogen-bond acceptors (Lipinski definition) is 5. The molecule has 0 aliphatic heterocycles. The van der Waals surface area contributed by atoms with E-state index in [0.29, 0.717) is 0 Å². The van der Waals surface area contributed by atoms with E-state index >= 15 is 0 Å².